The summed E-state index contributed by atoms with van der Waals surface area (Å²) in [6.07, 6.45) is 0.127. The third kappa shape index (κ3) is 3.22. The van der Waals surface area contributed by atoms with E-state index in [1.165, 1.54) is 0 Å². The lowest BCUT2D eigenvalue weighted by Crippen LogP contribution is -2.23. The predicted octanol–water partition coefficient (Wildman–Crippen LogP) is 3.87. The first-order chi connectivity index (χ1) is 11.2. The van der Waals surface area contributed by atoms with Crippen LogP contribution in [-0.2, 0) is 9.53 Å². The SMILES string of the molecule is COc1ccccc1[C@@H]1CC(=O)C[C@@H](c2ccccc2OC)O1. The molecule has 23 heavy (non-hydrogen) atoms. The van der Waals surface area contributed by atoms with Crippen LogP contribution < -0.4 is 9.47 Å². The number of benzene rings is 2. The molecule has 0 aromatic heterocycles. The molecule has 2 aromatic carbocycles. The molecule has 0 amide bonds. The number of hydrogen-bond acceptors (Lipinski definition) is 4. The molecule has 0 saturated carbocycles. The van der Waals surface area contributed by atoms with Gasteiger partial charge in [0.05, 0.1) is 26.4 Å². The molecule has 2 aromatic rings. The molecule has 2 atom stereocenters. The van der Waals surface area contributed by atoms with Gasteiger partial charge in [0.15, 0.2) is 0 Å². The molecule has 1 fully saturated rings. The van der Waals surface area contributed by atoms with Crippen molar-refractivity contribution in [2.45, 2.75) is 25.0 Å². The Balaban J connectivity index is 1.92. The zero-order valence-electron chi connectivity index (χ0n) is 13.3. The van der Waals surface area contributed by atoms with E-state index >= 15 is 0 Å². The summed E-state index contributed by atoms with van der Waals surface area (Å²) in [5, 5.41) is 0. The van der Waals surface area contributed by atoms with Crippen molar-refractivity contribution in [2.75, 3.05) is 14.2 Å². The van der Waals surface area contributed by atoms with E-state index in [4.69, 9.17) is 14.2 Å². The Kier molecular flexibility index (Phi) is 4.63. The minimum absolute atomic E-state index is 0.183. The fraction of sp³-hybridized carbons (Fsp3) is 0.316. The van der Waals surface area contributed by atoms with E-state index in [0.717, 1.165) is 22.6 Å². The van der Waals surface area contributed by atoms with Crippen molar-refractivity contribution in [1.29, 1.82) is 0 Å². The quantitative estimate of drug-likeness (QED) is 0.860. The van der Waals surface area contributed by atoms with Crippen LogP contribution in [0.4, 0.5) is 0 Å². The van der Waals surface area contributed by atoms with Gasteiger partial charge in [0.1, 0.15) is 17.3 Å². The lowest BCUT2D eigenvalue weighted by Gasteiger charge is -2.31. The zero-order valence-corrected chi connectivity index (χ0v) is 13.3. The van der Waals surface area contributed by atoms with Gasteiger partial charge in [-0.25, -0.2) is 0 Å². The highest BCUT2D eigenvalue weighted by molar-refractivity contribution is 5.80. The summed E-state index contributed by atoms with van der Waals surface area (Å²) in [5.74, 6) is 1.67. The summed E-state index contributed by atoms with van der Waals surface area (Å²) in [6.45, 7) is 0. The predicted molar refractivity (Wildman–Crippen MR) is 86.8 cm³/mol. The summed E-state index contributed by atoms with van der Waals surface area (Å²) in [6, 6.07) is 15.3. The van der Waals surface area contributed by atoms with Crippen LogP contribution in [0.2, 0.25) is 0 Å². The van der Waals surface area contributed by atoms with Crippen molar-refractivity contribution < 1.29 is 19.0 Å². The number of hydrogen-bond donors (Lipinski definition) is 0. The molecule has 3 rings (SSSR count). The average Bonchev–Trinajstić information content (AvgIpc) is 2.61. The third-order valence-corrected chi connectivity index (χ3v) is 4.13. The maximum absolute atomic E-state index is 12.3. The highest BCUT2D eigenvalue weighted by Gasteiger charge is 2.32. The Hall–Kier alpha value is -2.33. The number of rotatable bonds is 4. The lowest BCUT2D eigenvalue weighted by atomic mass is 9.93. The largest absolute Gasteiger partial charge is 0.496 e. The summed E-state index contributed by atoms with van der Waals surface area (Å²) in [4.78, 5) is 12.3. The number of carbonyl (C=O) groups is 1. The minimum Gasteiger partial charge on any atom is -0.496 e. The Bertz CT molecular complexity index is 638. The number of methoxy groups -OCH3 is 2. The minimum atomic E-state index is -0.303. The van der Waals surface area contributed by atoms with E-state index in [9.17, 15) is 4.79 Å². The van der Waals surface area contributed by atoms with Crippen molar-refractivity contribution >= 4 is 5.78 Å². The van der Waals surface area contributed by atoms with E-state index in [0.29, 0.717) is 12.8 Å². The molecular weight excluding hydrogens is 292 g/mol. The van der Waals surface area contributed by atoms with Gasteiger partial charge in [-0.1, -0.05) is 36.4 Å². The Morgan fingerprint density at radius 2 is 1.26 bits per heavy atom. The Morgan fingerprint density at radius 3 is 1.70 bits per heavy atom. The van der Waals surface area contributed by atoms with Crippen LogP contribution in [0.1, 0.15) is 36.2 Å². The number of ether oxygens (including phenoxy) is 3. The molecule has 0 spiro atoms. The number of carbonyl (C=O) groups excluding carboxylic acids is 1. The number of Topliss-reactive ketones (excluding diaryl/α,β-unsaturated/α-hetero) is 1. The molecule has 0 bridgehead atoms. The van der Waals surface area contributed by atoms with E-state index < -0.39 is 0 Å². The summed E-state index contributed by atoms with van der Waals surface area (Å²) < 4.78 is 17.0. The van der Waals surface area contributed by atoms with Crippen molar-refractivity contribution in [3.8, 4) is 11.5 Å². The first-order valence-electron chi connectivity index (χ1n) is 7.66. The van der Waals surface area contributed by atoms with Gasteiger partial charge in [0.2, 0.25) is 0 Å². The molecule has 4 heteroatoms. The van der Waals surface area contributed by atoms with E-state index in [2.05, 4.69) is 0 Å². The van der Waals surface area contributed by atoms with Crippen LogP contribution in [0.25, 0.3) is 0 Å². The van der Waals surface area contributed by atoms with Gasteiger partial charge in [0, 0.05) is 24.0 Å². The van der Waals surface area contributed by atoms with Gasteiger partial charge in [-0.15, -0.1) is 0 Å². The first kappa shape index (κ1) is 15.6. The topological polar surface area (TPSA) is 44.8 Å². The molecule has 1 aliphatic heterocycles. The van der Waals surface area contributed by atoms with Gasteiger partial charge >= 0.3 is 0 Å². The zero-order chi connectivity index (χ0) is 16.2. The van der Waals surface area contributed by atoms with E-state index in [1.807, 2.05) is 48.5 Å². The van der Waals surface area contributed by atoms with Crippen molar-refractivity contribution in [3.05, 3.63) is 59.7 Å². The van der Waals surface area contributed by atoms with Gasteiger partial charge in [-0.2, -0.15) is 0 Å². The molecule has 0 aliphatic carbocycles. The summed E-state index contributed by atoms with van der Waals surface area (Å²) in [7, 11) is 3.25. The fourth-order valence-electron chi connectivity index (χ4n) is 3.02. The molecule has 4 nitrogen and oxygen atoms in total. The second kappa shape index (κ2) is 6.84. The maximum atomic E-state index is 12.3. The molecule has 0 unspecified atom stereocenters. The Morgan fingerprint density at radius 1 is 0.826 bits per heavy atom. The standard InChI is InChI=1S/C19H20O4/c1-21-16-9-5-3-7-14(16)18-11-13(20)12-19(23-18)15-8-4-6-10-17(15)22-2/h3-10,18-19H,11-12H2,1-2H3/t18-,19-/m0/s1. The normalized spacial score (nSPS) is 21.0. The van der Waals surface area contributed by atoms with E-state index in [-0.39, 0.29) is 18.0 Å². The van der Waals surface area contributed by atoms with Crippen LogP contribution in [0, 0.1) is 0 Å². The summed E-state index contributed by atoms with van der Waals surface area (Å²) >= 11 is 0. The number of para-hydroxylation sites is 2. The van der Waals surface area contributed by atoms with Crippen molar-refractivity contribution in [1.82, 2.24) is 0 Å². The van der Waals surface area contributed by atoms with Gasteiger partial charge in [-0.3, -0.25) is 4.79 Å². The lowest BCUT2D eigenvalue weighted by molar-refractivity contribution is -0.136. The van der Waals surface area contributed by atoms with Crippen LogP contribution in [0.3, 0.4) is 0 Å². The van der Waals surface area contributed by atoms with Crippen molar-refractivity contribution in [2.24, 2.45) is 0 Å². The van der Waals surface area contributed by atoms with Crippen LogP contribution >= 0.6 is 0 Å². The van der Waals surface area contributed by atoms with E-state index in [1.54, 1.807) is 14.2 Å². The second-order valence-electron chi connectivity index (χ2n) is 5.54. The van der Waals surface area contributed by atoms with Crippen LogP contribution in [0.5, 0.6) is 11.5 Å². The fourth-order valence-corrected chi connectivity index (χ4v) is 3.02. The van der Waals surface area contributed by atoms with Crippen LogP contribution in [-0.4, -0.2) is 20.0 Å². The monoisotopic (exact) mass is 312 g/mol. The Labute approximate surface area is 136 Å². The van der Waals surface area contributed by atoms with Gasteiger partial charge < -0.3 is 14.2 Å². The summed E-state index contributed by atoms with van der Waals surface area (Å²) in [5.41, 5.74) is 1.81. The van der Waals surface area contributed by atoms with Gasteiger partial charge in [-0.05, 0) is 12.1 Å². The molecule has 1 aliphatic rings. The molecule has 120 valence electrons. The molecule has 0 radical (unpaired) electrons. The molecule has 0 N–H and O–H groups in total. The van der Waals surface area contributed by atoms with Crippen molar-refractivity contribution in [3.63, 3.8) is 0 Å². The average molecular weight is 312 g/mol. The highest BCUT2D eigenvalue weighted by Crippen LogP contribution is 2.42. The smallest absolute Gasteiger partial charge is 0.138 e. The second-order valence-corrected chi connectivity index (χ2v) is 5.54. The highest BCUT2D eigenvalue weighted by atomic mass is 16.5. The van der Waals surface area contributed by atoms with Gasteiger partial charge in [0.25, 0.3) is 0 Å². The molecular formula is C19H20O4. The third-order valence-electron chi connectivity index (χ3n) is 4.13. The first-order valence-corrected chi connectivity index (χ1v) is 7.66. The molecule has 1 saturated heterocycles. The van der Waals surface area contributed by atoms with Crippen LogP contribution in [0.15, 0.2) is 48.5 Å². The molecule has 1 heterocycles. The maximum Gasteiger partial charge on any atom is 0.138 e. The number of ketones is 1.